The number of carbonyl (C=O) groups excluding carboxylic acids is 1. The highest BCUT2D eigenvalue weighted by atomic mass is 79.9. The SMILES string of the molecule is CCOC(=O)C(F)[C@@H](N)c1cccnc1Br. The molecule has 0 bridgehead atoms. The van der Waals surface area contributed by atoms with E-state index in [-0.39, 0.29) is 6.61 Å². The zero-order chi connectivity index (χ0) is 12.1. The molecule has 0 aliphatic heterocycles. The van der Waals surface area contributed by atoms with Crippen LogP contribution in [0, 0.1) is 0 Å². The quantitative estimate of drug-likeness (QED) is 0.678. The molecule has 0 aliphatic carbocycles. The lowest BCUT2D eigenvalue weighted by Crippen LogP contribution is -2.31. The van der Waals surface area contributed by atoms with Crippen LogP contribution in [0.5, 0.6) is 0 Å². The van der Waals surface area contributed by atoms with Crippen molar-refractivity contribution in [1.29, 1.82) is 0 Å². The van der Waals surface area contributed by atoms with Gasteiger partial charge in [-0.1, -0.05) is 6.07 Å². The van der Waals surface area contributed by atoms with Crippen LogP contribution in [-0.2, 0) is 9.53 Å². The lowest BCUT2D eigenvalue weighted by molar-refractivity contribution is -0.149. The number of carbonyl (C=O) groups is 1. The Kier molecular flexibility index (Phi) is 4.82. The number of halogens is 2. The minimum absolute atomic E-state index is 0.125. The maximum absolute atomic E-state index is 13.6. The van der Waals surface area contributed by atoms with Gasteiger partial charge in [-0.3, -0.25) is 0 Å². The van der Waals surface area contributed by atoms with Crippen molar-refractivity contribution in [2.45, 2.75) is 19.1 Å². The number of hydrogen-bond acceptors (Lipinski definition) is 4. The molecule has 0 aromatic carbocycles. The summed E-state index contributed by atoms with van der Waals surface area (Å²) in [4.78, 5) is 15.1. The lowest BCUT2D eigenvalue weighted by atomic mass is 10.1. The number of hydrogen-bond donors (Lipinski definition) is 1. The van der Waals surface area contributed by atoms with Crippen LogP contribution in [0.1, 0.15) is 18.5 Å². The normalized spacial score (nSPS) is 14.2. The standard InChI is InChI=1S/C10H12BrFN2O2/c1-2-16-10(15)7(12)8(13)6-4-3-5-14-9(6)11/h3-5,7-8H,2,13H2,1H3/t7?,8-/m0/s1. The summed E-state index contributed by atoms with van der Waals surface area (Å²) in [7, 11) is 0. The fourth-order valence-electron chi connectivity index (χ4n) is 1.17. The average molecular weight is 291 g/mol. The van der Waals surface area contributed by atoms with E-state index >= 15 is 0 Å². The largest absolute Gasteiger partial charge is 0.464 e. The third-order valence-electron chi connectivity index (χ3n) is 1.97. The topological polar surface area (TPSA) is 65.2 Å². The van der Waals surface area contributed by atoms with Crippen molar-refractivity contribution in [2.75, 3.05) is 6.61 Å². The van der Waals surface area contributed by atoms with E-state index in [4.69, 9.17) is 5.73 Å². The summed E-state index contributed by atoms with van der Waals surface area (Å²) in [6, 6.07) is 2.15. The second-order valence-electron chi connectivity index (χ2n) is 3.06. The van der Waals surface area contributed by atoms with Gasteiger partial charge in [0.15, 0.2) is 0 Å². The van der Waals surface area contributed by atoms with Crippen LogP contribution in [0.3, 0.4) is 0 Å². The summed E-state index contributed by atoms with van der Waals surface area (Å²) < 4.78 is 18.6. The number of pyridine rings is 1. The van der Waals surface area contributed by atoms with Gasteiger partial charge in [0, 0.05) is 11.8 Å². The molecule has 0 amide bonds. The molecular weight excluding hydrogens is 279 g/mol. The molecule has 1 aromatic rings. The van der Waals surface area contributed by atoms with Gasteiger partial charge in [-0.2, -0.15) is 0 Å². The molecule has 88 valence electrons. The summed E-state index contributed by atoms with van der Waals surface area (Å²) in [5.74, 6) is -0.953. The molecule has 1 unspecified atom stereocenters. The summed E-state index contributed by atoms with van der Waals surface area (Å²) in [6.07, 6.45) is -0.349. The Morgan fingerprint density at radius 2 is 2.44 bits per heavy atom. The van der Waals surface area contributed by atoms with Crippen LogP contribution in [-0.4, -0.2) is 23.7 Å². The second kappa shape index (κ2) is 5.91. The molecule has 0 saturated heterocycles. The number of aromatic nitrogens is 1. The van der Waals surface area contributed by atoms with E-state index in [1.807, 2.05) is 0 Å². The average Bonchev–Trinajstić information content (AvgIpc) is 2.28. The van der Waals surface area contributed by atoms with Crippen molar-refractivity contribution in [2.24, 2.45) is 5.73 Å². The van der Waals surface area contributed by atoms with Crippen molar-refractivity contribution in [3.05, 3.63) is 28.5 Å². The Morgan fingerprint density at radius 3 is 3.00 bits per heavy atom. The van der Waals surface area contributed by atoms with E-state index < -0.39 is 18.2 Å². The number of alkyl halides is 1. The van der Waals surface area contributed by atoms with Crippen LogP contribution >= 0.6 is 15.9 Å². The van der Waals surface area contributed by atoms with Gasteiger partial charge in [0.05, 0.1) is 12.6 Å². The van der Waals surface area contributed by atoms with E-state index in [1.165, 1.54) is 6.20 Å². The molecule has 6 heteroatoms. The predicted molar refractivity (Wildman–Crippen MR) is 60.4 cm³/mol. The zero-order valence-electron chi connectivity index (χ0n) is 8.69. The fourth-order valence-corrected chi connectivity index (χ4v) is 1.69. The molecule has 1 heterocycles. The van der Waals surface area contributed by atoms with Crippen molar-refractivity contribution in [1.82, 2.24) is 4.98 Å². The number of rotatable bonds is 4. The van der Waals surface area contributed by atoms with Crippen molar-refractivity contribution in [3.8, 4) is 0 Å². The minimum atomic E-state index is -1.89. The number of nitrogens with two attached hydrogens (primary N) is 1. The summed E-state index contributed by atoms with van der Waals surface area (Å²) in [5.41, 5.74) is 6.06. The van der Waals surface area contributed by atoms with Gasteiger partial charge in [0.25, 0.3) is 0 Å². The molecular formula is C10H12BrFN2O2. The number of ether oxygens (including phenoxy) is 1. The lowest BCUT2D eigenvalue weighted by Gasteiger charge is -2.16. The Bertz CT molecular complexity index is 376. The Labute approximate surface area is 101 Å². The molecule has 0 radical (unpaired) electrons. The molecule has 1 rings (SSSR count). The van der Waals surface area contributed by atoms with Gasteiger partial charge in [0.1, 0.15) is 4.60 Å². The van der Waals surface area contributed by atoms with E-state index in [1.54, 1.807) is 19.1 Å². The smallest absolute Gasteiger partial charge is 0.342 e. The molecule has 2 atom stereocenters. The number of esters is 1. The second-order valence-corrected chi connectivity index (χ2v) is 3.81. The highest BCUT2D eigenvalue weighted by molar-refractivity contribution is 9.10. The highest BCUT2D eigenvalue weighted by Gasteiger charge is 2.29. The molecule has 1 aromatic heterocycles. The first-order chi connectivity index (χ1) is 7.57. The Balaban J connectivity index is 2.82. The van der Waals surface area contributed by atoms with E-state index in [2.05, 4.69) is 25.7 Å². The van der Waals surface area contributed by atoms with Crippen molar-refractivity contribution < 1.29 is 13.9 Å². The van der Waals surface area contributed by atoms with Crippen LogP contribution in [0.25, 0.3) is 0 Å². The molecule has 0 aliphatic rings. The first kappa shape index (κ1) is 13.1. The Hall–Kier alpha value is -1.01. The first-order valence-corrected chi connectivity index (χ1v) is 5.54. The molecule has 0 spiro atoms. The van der Waals surface area contributed by atoms with E-state index in [0.717, 1.165) is 0 Å². The van der Waals surface area contributed by atoms with Crippen LogP contribution in [0.2, 0.25) is 0 Å². The van der Waals surface area contributed by atoms with Crippen LogP contribution in [0.4, 0.5) is 4.39 Å². The van der Waals surface area contributed by atoms with Gasteiger partial charge in [-0.05, 0) is 28.9 Å². The van der Waals surface area contributed by atoms with Gasteiger partial charge < -0.3 is 10.5 Å². The van der Waals surface area contributed by atoms with E-state index in [9.17, 15) is 9.18 Å². The highest BCUT2D eigenvalue weighted by Crippen LogP contribution is 2.23. The number of nitrogens with zero attached hydrogens (tertiary/aromatic N) is 1. The van der Waals surface area contributed by atoms with Crippen molar-refractivity contribution in [3.63, 3.8) is 0 Å². The first-order valence-electron chi connectivity index (χ1n) is 4.74. The Morgan fingerprint density at radius 1 is 1.75 bits per heavy atom. The van der Waals surface area contributed by atoms with Crippen LogP contribution in [0.15, 0.2) is 22.9 Å². The van der Waals surface area contributed by atoms with Crippen LogP contribution < -0.4 is 5.73 Å². The minimum Gasteiger partial charge on any atom is -0.464 e. The molecule has 0 fully saturated rings. The third kappa shape index (κ3) is 2.99. The third-order valence-corrected chi connectivity index (χ3v) is 2.64. The molecule has 2 N–H and O–H groups in total. The van der Waals surface area contributed by atoms with Gasteiger partial charge in [-0.15, -0.1) is 0 Å². The molecule has 0 saturated carbocycles. The van der Waals surface area contributed by atoms with Gasteiger partial charge >= 0.3 is 5.97 Å². The van der Waals surface area contributed by atoms with Crippen molar-refractivity contribution >= 4 is 21.9 Å². The van der Waals surface area contributed by atoms with Gasteiger partial charge in [-0.25, -0.2) is 14.2 Å². The van der Waals surface area contributed by atoms with E-state index in [0.29, 0.717) is 10.2 Å². The summed E-state index contributed by atoms with van der Waals surface area (Å²) >= 11 is 3.14. The zero-order valence-corrected chi connectivity index (χ0v) is 10.3. The predicted octanol–water partition coefficient (Wildman–Crippen LogP) is 1.75. The molecule has 16 heavy (non-hydrogen) atoms. The molecule has 4 nitrogen and oxygen atoms in total. The fraction of sp³-hybridized carbons (Fsp3) is 0.400. The summed E-state index contributed by atoms with van der Waals surface area (Å²) in [6.45, 7) is 1.73. The van der Waals surface area contributed by atoms with Gasteiger partial charge in [0.2, 0.25) is 6.17 Å². The maximum atomic E-state index is 13.6. The maximum Gasteiger partial charge on any atom is 0.342 e. The summed E-state index contributed by atoms with van der Waals surface area (Å²) in [5, 5.41) is 0. The monoisotopic (exact) mass is 290 g/mol.